The number of rotatable bonds is 1. The minimum atomic E-state index is -0.766. The van der Waals surface area contributed by atoms with Gasteiger partial charge in [-0.15, -0.1) is 0 Å². The molecule has 1 fully saturated rings. The molecule has 1 aromatic rings. The minimum Gasteiger partial charge on any atom is -0.472 e. The molecule has 3 aliphatic rings. The van der Waals surface area contributed by atoms with Crippen LogP contribution in [0.5, 0.6) is 0 Å². The number of hydrogen-bond acceptors (Lipinski definition) is 5. The monoisotopic (exact) mass is 328 g/mol. The average molecular weight is 328 g/mol. The zero-order valence-electron chi connectivity index (χ0n) is 13.7. The first-order valence-corrected chi connectivity index (χ1v) is 8.21. The highest BCUT2D eigenvalue weighted by Crippen LogP contribution is 2.60. The summed E-state index contributed by atoms with van der Waals surface area (Å²) in [5, 5.41) is 10.7. The molecule has 2 heterocycles. The third-order valence-electron chi connectivity index (χ3n) is 6.06. The van der Waals surface area contributed by atoms with E-state index in [9.17, 15) is 14.7 Å². The molecule has 0 spiro atoms. The van der Waals surface area contributed by atoms with Gasteiger partial charge in [0.15, 0.2) is 5.78 Å². The summed E-state index contributed by atoms with van der Waals surface area (Å²) < 4.78 is 10.7. The van der Waals surface area contributed by atoms with E-state index in [1.807, 2.05) is 19.9 Å². The maximum absolute atomic E-state index is 12.6. The average Bonchev–Trinajstić information content (AvgIpc) is 3.04. The van der Waals surface area contributed by atoms with E-state index in [1.165, 1.54) is 6.08 Å². The van der Waals surface area contributed by atoms with Gasteiger partial charge in [-0.3, -0.25) is 4.79 Å². The molecule has 5 atom stereocenters. The highest BCUT2D eigenvalue weighted by atomic mass is 16.5. The quantitative estimate of drug-likeness (QED) is 0.802. The molecule has 5 nitrogen and oxygen atoms in total. The Kier molecular flexibility index (Phi) is 3.16. The van der Waals surface area contributed by atoms with Gasteiger partial charge in [0, 0.05) is 27.9 Å². The molecular formula is C19H20O5. The number of esters is 1. The van der Waals surface area contributed by atoms with Crippen LogP contribution in [0, 0.1) is 16.7 Å². The predicted octanol–water partition coefficient (Wildman–Crippen LogP) is 2.73. The summed E-state index contributed by atoms with van der Waals surface area (Å²) in [6, 6.07) is 1.78. The third-order valence-corrected chi connectivity index (χ3v) is 6.06. The van der Waals surface area contributed by atoms with Gasteiger partial charge in [-0.1, -0.05) is 26.0 Å². The van der Waals surface area contributed by atoms with E-state index in [2.05, 4.69) is 0 Å². The summed E-state index contributed by atoms with van der Waals surface area (Å²) in [6.07, 6.45) is 7.72. The van der Waals surface area contributed by atoms with Crippen LogP contribution in [0.15, 0.2) is 46.8 Å². The Morgan fingerprint density at radius 1 is 1.25 bits per heavy atom. The lowest BCUT2D eigenvalue weighted by Crippen LogP contribution is -2.57. The van der Waals surface area contributed by atoms with Crippen LogP contribution < -0.4 is 0 Å². The number of ether oxygens (including phenoxy) is 1. The highest BCUT2D eigenvalue weighted by molar-refractivity contribution is 5.98. The molecule has 126 valence electrons. The Bertz CT molecular complexity index is 759. The van der Waals surface area contributed by atoms with Crippen molar-refractivity contribution in [2.45, 2.75) is 38.9 Å². The summed E-state index contributed by atoms with van der Waals surface area (Å²) in [5.74, 6) is -0.718. The fourth-order valence-electron chi connectivity index (χ4n) is 4.86. The molecule has 5 heteroatoms. The van der Waals surface area contributed by atoms with E-state index in [4.69, 9.17) is 9.15 Å². The zero-order chi connectivity index (χ0) is 17.1. The van der Waals surface area contributed by atoms with Crippen LogP contribution in [0.3, 0.4) is 0 Å². The third kappa shape index (κ3) is 1.91. The normalized spacial score (nSPS) is 41.3. The van der Waals surface area contributed by atoms with Crippen LogP contribution in [0.25, 0.3) is 0 Å². The molecule has 4 rings (SSSR count). The molecule has 0 unspecified atom stereocenters. The van der Waals surface area contributed by atoms with Gasteiger partial charge in [0.05, 0.1) is 18.6 Å². The SMILES string of the molecule is C[C@@]12CC=C3C(=O)O[C@@H](c4ccoc4)C[C@@]3(C)[C@@H]1[C@@H](O)C=CC2=O. The molecule has 24 heavy (non-hydrogen) atoms. The molecule has 0 bridgehead atoms. The second kappa shape index (κ2) is 4.93. The summed E-state index contributed by atoms with van der Waals surface area (Å²) in [5.41, 5.74) is 0.0321. The lowest BCUT2D eigenvalue weighted by molar-refractivity contribution is -0.163. The van der Waals surface area contributed by atoms with Crippen molar-refractivity contribution in [3.63, 3.8) is 0 Å². The van der Waals surface area contributed by atoms with Crippen molar-refractivity contribution >= 4 is 11.8 Å². The lowest BCUT2D eigenvalue weighted by atomic mass is 9.49. The number of allylic oxidation sites excluding steroid dienone is 2. The van der Waals surface area contributed by atoms with E-state index in [1.54, 1.807) is 24.7 Å². The van der Waals surface area contributed by atoms with Crippen LogP contribution in [0.1, 0.15) is 38.4 Å². The second-order valence-corrected chi connectivity index (χ2v) is 7.50. The number of aliphatic hydroxyl groups excluding tert-OH is 1. The molecule has 0 amide bonds. The van der Waals surface area contributed by atoms with Gasteiger partial charge in [-0.05, 0) is 25.0 Å². The van der Waals surface area contributed by atoms with Crippen molar-refractivity contribution in [2.75, 3.05) is 0 Å². The molecule has 2 aliphatic carbocycles. The van der Waals surface area contributed by atoms with Gasteiger partial charge in [0.25, 0.3) is 0 Å². The van der Waals surface area contributed by atoms with E-state index < -0.39 is 23.0 Å². The van der Waals surface area contributed by atoms with Crippen LogP contribution in [0.2, 0.25) is 0 Å². The van der Waals surface area contributed by atoms with Gasteiger partial charge in [-0.2, -0.15) is 0 Å². The molecule has 1 N–H and O–H groups in total. The Labute approximate surface area is 140 Å². The number of aliphatic hydroxyl groups is 1. The van der Waals surface area contributed by atoms with Crippen molar-refractivity contribution in [2.24, 2.45) is 16.7 Å². The first-order chi connectivity index (χ1) is 11.4. The second-order valence-electron chi connectivity index (χ2n) is 7.50. The van der Waals surface area contributed by atoms with Gasteiger partial charge >= 0.3 is 5.97 Å². The molecular weight excluding hydrogens is 308 g/mol. The number of cyclic esters (lactones) is 1. The van der Waals surface area contributed by atoms with Crippen molar-refractivity contribution in [1.29, 1.82) is 0 Å². The zero-order valence-corrected chi connectivity index (χ0v) is 13.7. The number of carbonyl (C=O) groups excluding carboxylic acids is 2. The fraction of sp³-hybridized carbons (Fsp3) is 0.474. The summed E-state index contributed by atoms with van der Waals surface area (Å²) in [4.78, 5) is 25.1. The molecule has 1 aliphatic heterocycles. The smallest absolute Gasteiger partial charge is 0.334 e. The van der Waals surface area contributed by atoms with E-state index in [0.717, 1.165) is 5.56 Å². The van der Waals surface area contributed by atoms with Gasteiger partial charge in [0.1, 0.15) is 6.10 Å². The first kappa shape index (κ1) is 15.4. The van der Waals surface area contributed by atoms with Gasteiger partial charge in [-0.25, -0.2) is 4.79 Å². The van der Waals surface area contributed by atoms with Crippen molar-refractivity contribution in [1.82, 2.24) is 0 Å². The van der Waals surface area contributed by atoms with Crippen molar-refractivity contribution < 1.29 is 23.8 Å². The molecule has 1 saturated heterocycles. The van der Waals surface area contributed by atoms with Crippen LogP contribution in [0.4, 0.5) is 0 Å². The van der Waals surface area contributed by atoms with Crippen LogP contribution in [-0.4, -0.2) is 23.0 Å². The van der Waals surface area contributed by atoms with E-state index in [-0.39, 0.29) is 17.7 Å². The number of carbonyl (C=O) groups is 2. The predicted molar refractivity (Wildman–Crippen MR) is 84.7 cm³/mol. The van der Waals surface area contributed by atoms with Crippen molar-refractivity contribution in [3.8, 4) is 0 Å². The van der Waals surface area contributed by atoms with E-state index in [0.29, 0.717) is 18.4 Å². The molecule has 0 radical (unpaired) electrons. The Hall–Kier alpha value is -2.14. The van der Waals surface area contributed by atoms with Crippen LogP contribution in [-0.2, 0) is 14.3 Å². The Morgan fingerprint density at radius 2 is 2.04 bits per heavy atom. The highest BCUT2D eigenvalue weighted by Gasteiger charge is 2.60. The topological polar surface area (TPSA) is 76.7 Å². The number of fused-ring (bicyclic) bond motifs is 3. The Morgan fingerprint density at radius 3 is 2.75 bits per heavy atom. The fourth-order valence-corrected chi connectivity index (χ4v) is 4.86. The first-order valence-electron chi connectivity index (χ1n) is 8.21. The summed E-state index contributed by atoms with van der Waals surface area (Å²) >= 11 is 0. The maximum Gasteiger partial charge on any atom is 0.334 e. The van der Waals surface area contributed by atoms with Crippen LogP contribution >= 0.6 is 0 Å². The summed E-state index contributed by atoms with van der Waals surface area (Å²) in [7, 11) is 0. The maximum atomic E-state index is 12.6. The largest absolute Gasteiger partial charge is 0.472 e. The molecule has 0 saturated carbocycles. The number of furan rings is 1. The lowest BCUT2D eigenvalue weighted by Gasteiger charge is -2.55. The Balaban J connectivity index is 1.82. The van der Waals surface area contributed by atoms with E-state index >= 15 is 0 Å². The number of hydrogen-bond donors (Lipinski definition) is 1. The molecule has 1 aromatic heterocycles. The van der Waals surface area contributed by atoms with Gasteiger partial charge in [0.2, 0.25) is 0 Å². The standard InChI is InChI=1S/C19H20O5/c1-18-7-5-12-17(22)24-14(11-6-8-23-10-11)9-19(12,2)16(18)13(20)3-4-15(18)21/h3-6,8,10,13-14,16,20H,7,9H2,1-2H3/t13-,14+,16+,18-,19+/m0/s1. The number of ketones is 1. The van der Waals surface area contributed by atoms with Crippen molar-refractivity contribution in [3.05, 3.63) is 48.0 Å². The van der Waals surface area contributed by atoms with Gasteiger partial charge < -0.3 is 14.3 Å². The minimum absolute atomic E-state index is 0.00752. The summed E-state index contributed by atoms with van der Waals surface area (Å²) in [6.45, 7) is 3.85. The molecule has 0 aromatic carbocycles.